The highest BCUT2D eigenvalue weighted by Crippen LogP contribution is 2.23. The molecule has 0 saturated carbocycles. The summed E-state index contributed by atoms with van der Waals surface area (Å²) in [6, 6.07) is 16.7. The van der Waals surface area contributed by atoms with Crippen molar-refractivity contribution >= 4 is 5.78 Å². The van der Waals surface area contributed by atoms with Gasteiger partial charge in [0.15, 0.2) is 0 Å². The lowest BCUT2D eigenvalue weighted by molar-refractivity contribution is -0.116. The summed E-state index contributed by atoms with van der Waals surface area (Å²) in [5, 5.41) is 0. The van der Waals surface area contributed by atoms with Crippen molar-refractivity contribution in [1.29, 1.82) is 0 Å². The number of hydrogen-bond donors (Lipinski definition) is 0. The molecule has 0 N–H and O–H groups in total. The van der Waals surface area contributed by atoms with E-state index in [4.69, 9.17) is 4.74 Å². The summed E-state index contributed by atoms with van der Waals surface area (Å²) in [5.41, 5.74) is 3.58. The summed E-state index contributed by atoms with van der Waals surface area (Å²) in [6.45, 7) is 4.62. The van der Waals surface area contributed by atoms with Crippen LogP contribution in [0.5, 0.6) is 5.75 Å². The number of unbranched alkanes of at least 4 members (excludes halogenated alkanes) is 2. The third-order valence-corrected chi connectivity index (χ3v) is 3.92. The van der Waals surface area contributed by atoms with E-state index in [1.807, 2.05) is 12.1 Å². The van der Waals surface area contributed by atoms with Gasteiger partial charge in [-0.15, -0.1) is 0 Å². The Kier molecular flexibility index (Phi) is 6.86. The SMILES string of the molecule is CCCCCOc1ccc(-c2ccc(CCC(C)=O)cc2)cc1. The molecule has 23 heavy (non-hydrogen) atoms. The van der Waals surface area contributed by atoms with E-state index >= 15 is 0 Å². The maximum atomic E-state index is 11.0. The summed E-state index contributed by atoms with van der Waals surface area (Å²) in [5.74, 6) is 1.17. The van der Waals surface area contributed by atoms with Crippen molar-refractivity contribution in [1.82, 2.24) is 0 Å². The van der Waals surface area contributed by atoms with Gasteiger partial charge in [-0.05, 0) is 48.6 Å². The number of rotatable bonds is 9. The molecule has 0 amide bonds. The van der Waals surface area contributed by atoms with Crippen LogP contribution in [0.3, 0.4) is 0 Å². The molecule has 2 aromatic rings. The van der Waals surface area contributed by atoms with Gasteiger partial charge in [-0.2, -0.15) is 0 Å². The van der Waals surface area contributed by atoms with Gasteiger partial charge in [0.2, 0.25) is 0 Å². The number of carbonyl (C=O) groups excluding carboxylic acids is 1. The van der Waals surface area contributed by atoms with Crippen molar-refractivity contribution in [2.45, 2.75) is 46.0 Å². The Morgan fingerprint density at radius 3 is 2.09 bits per heavy atom. The molecule has 0 heterocycles. The van der Waals surface area contributed by atoms with E-state index in [0.717, 1.165) is 25.2 Å². The van der Waals surface area contributed by atoms with Crippen LogP contribution in [0.25, 0.3) is 11.1 Å². The Labute approximate surface area is 139 Å². The molecule has 0 bridgehead atoms. The Morgan fingerprint density at radius 2 is 1.52 bits per heavy atom. The second-order valence-corrected chi connectivity index (χ2v) is 5.98. The van der Waals surface area contributed by atoms with Crippen LogP contribution in [0.4, 0.5) is 0 Å². The molecule has 2 aromatic carbocycles. The first-order valence-corrected chi connectivity index (χ1v) is 8.50. The summed E-state index contributed by atoms with van der Waals surface area (Å²) in [7, 11) is 0. The van der Waals surface area contributed by atoms with Crippen molar-refractivity contribution in [2.75, 3.05) is 6.61 Å². The van der Waals surface area contributed by atoms with Crippen molar-refractivity contribution in [2.24, 2.45) is 0 Å². The largest absolute Gasteiger partial charge is 0.494 e. The fraction of sp³-hybridized carbons (Fsp3) is 0.381. The van der Waals surface area contributed by atoms with E-state index in [-0.39, 0.29) is 5.78 Å². The standard InChI is InChI=1S/C21H26O2/c1-3-4-5-16-23-21-14-12-20(13-15-21)19-10-8-18(9-11-19)7-6-17(2)22/h8-15H,3-7,16H2,1-2H3. The lowest BCUT2D eigenvalue weighted by Crippen LogP contribution is -1.96. The normalized spacial score (nSPS) is 10.5. The zero-order valence-electron chi connectivity index (χ0n) is 14.2. The monoisotopic (exact) mass is 310 g/mol. The second kappa shape index (κ2) is 9.14. The van der Waals surface area contributed by atoms with Gasteiger partial charge < -0.3 is 9.53 Å². The molecular weight excluding hydrogens is 284 g/mol. The van der Waals surface area contributed by atoms with Gasteiger partial charge in [0.05, 0.1) is 6.61 Å². The number of hydrogen-bond acceptors (Lipinski definition) is 2. The van der Waals surface area contributed by atoms with E-state index < -0.39 is 0 Å². The zero-order valence-corrected chi connectivity index (χ0v) is 14.2. The van der Waals surface area contributed by atoms with Gasteiger partial charge in [-0.25, -0.2) is 0 Å². The number of Topliss-reactive ketones (excluding diaryl/α,β-unsaturated/α-hetero) is 1. The lowest BCUT2D eigenvalue weighted by atomic mass is 10.0. The number of carbonyl (C=O) groups is 1. The average molecular weight is 310 g/mol. The van der Waals surface area contributed by atoms with E-state index in [1.54, 1.807) is 6.92 Å². The molecular formula is C21H26O2. The lowest BCUT2D eigenvalue weighted by Gasteiger charge is -2.08. The summed E-state index contributed by atoms with van der Waals surface area (Å²) >= 11 is 0. The van der Waals surface area contributed by atoms with Gasteiger partial charge >= 0.3 is 0 Å². The maximum absolute atomic E-state index is 11.0. The van der Waals surface area contributed by atoms with E-state index in [0.29, 0.717) is 6.42 Å². The highest BCUT2D eigenvalue weighted by Gasteiger charge is 2.01. The topological polar surface area (TPSA) is 26.3 Å². The molecule has 0 saturated heterocycles. The van der Waals surface area contributed by atoms with Crippen molar-refractivity contribution < 1.29 is 9.53 Å². The Balaban J connectivity index is 1.92. The highest BCUT2D eigenvalue weighted by molar-refractivity contribution is 5.75. The average Bonchev–Trinajstić information content (AvgIpc) is 2.58. The number of aryl methyl sites for hydroxylation is 1. The number of benzene rings is 2. The molecule has 0 unspecified atom stereocenters. The highest BCUT2D eigenvalue weighted by atomic mass is 16.5. The minimum atomic E-state index is 0.239. The maximum Gasteiger partial charge on any atom is 0.130 e. The first-order chi connectivity index (χ1) is 11.2. The third kappa shape index (κ3) is 5.90. The molecule has 0 radical (unpaired) electrons. The molecule has 2 nitrogen and oxygen atoms in total. The molecule has 2 heteroatoms. The zero-order chi connectivity index (χ0) is 16.5. The van der Waals surface area contributed by atoms with Crippen LogP contribution in [-0.4, -0.2) is 12.4 Å². The van der Waals surface area contributed by atoms with Crippen LogP contribution >= 0.6 is 0 Å². The summed E-state index contributed by atoms with van der Waals surface area (Å²) < 4.78 is 5.74. The van der Waals surface area contributed by atoms with Gasteiger partial charge in [0.1, 0.15) is 11.5 Å². The van der Waals surface area contributed by atoms with Crippen LogP contribution in [0.15, 0.2) is 48.5 Å². The predicted octanol–water partition coefficient (Wildman–Crippen LogP) is 5.44. The molecule has 122 valence electrons. The Hall–Kier alpha value is -2.09. The molecule has 2 rings (SSSR count). The van der Waals surface area contributed by atoms with Gasteiger partial charge in [-0.1, -0.05) is 56.2 Å². The molecule has 0 aromatic heterocycles. The van der Waals surface area contributed by atoms with Gasteiger partial charge in [0, 0.05) is 6.42 Å². The minimum absolute atomic E-state index is 0.239. The van der Waals surface area contributed by atoms with Crippen LogP contribution in [0.2, 0.25) is 0 Å². The Morgan fingerprint density at radius 1 is 0.913 bits per heavy atom. The number of ketones is 1. The van der Waals surface area contributed by atoms with E-state index in [2.05, 4.69) is 43.3 Å². The molecule has 0 aliphatic carbocycles. The molecule has 0 atom stereocenters. The van der Waals surface area contributed by atoms with Crippen molar-refractivity contribution in [3.05, 3.63) is 54.1 Å². The smallest absolute Gasteiger partial charge is 0.130 e. The first kappa shape index (κ1) is 17.3. The first-order valence-electron chi connectivity index (χ1n) is 8.50. The van der Waals surface area contributed by atoms with Crippen molar-refractivity contribution in [3.63, 3.8) is 0 Å². The summed E-state index contributed by atoms with van der Waals surface area (Å²) in [4.78, 5) is 11.0. The Bertz CT molecular complexity index is 597. The predicted molar refractivity (Wildman–Crippen MR) is 95.9 cm³/mol. The number of ether oxygens (including phenoxy) is 1. The molecule has 0 fully saturated rings. The molecule has 0 aliphatic rings. The van der Waals surface area contributed by atoms with Crippen LogP contribution in [0.1, 0.15) is 45.1 Å². The molecule has 0 aliphatic heterocycles. The second-order valence-electron chi connectivity index (χ2n) is 5.98. The minimum Gasteiger partial charge on any atom is -0.494 e. The fourth-order valence-corrected chi connectivity index (χ4v) is 2.47. The summed E-state index contributed by atoms with van der Waals surface area (Å²) in [6.07, 6.45) is 4.97. The fourth-order valence-electron chi connectivity index (χ4n) is 2.47. The van der Waals surface area contributed by atoms with Gasteiger partial charge in [-0.3, -0.25) is 0 Å². The molecule has 0 spiro atoms. The van der Waals surface area contributed by atoms with E-state index in [1.165, 1.54) is 29.5 Å². The van der Waals surface area contributed by atoms with Crippen LogP contribution < -0.4 is 4.74 Å². The van der Waals surface area contributed by atoms with Gasteiger partial charge in [0.25, 0.3) is 0 Å². The van der Waals surface area contributed by atoms with Crippen LogP contribution in [0, 0.1) is 0 Å². The van der Waals surface area contributed by atoms with E-state index in [9.17, 15) is 4.79 Å². The third-order valence-electron chi connectivity index (χ3n) is 3.92. The van der Waals surface area contributed by atoms with Crippen molar-refractivity contribution in [3.8, 4) is 16.9 Å². The quantitative estimate of drug-likeness (QED) is 0.576. The van der Waals surface area contributed by atoms with Crippen LogP contribution in [-0.2, 0) is 11.2 Å².